The zero-order valence-electron chi connectivity index (χ0n) is 11.9. The minimum Gasteiger partial charge on any atom is -0.398 e. The first-order valence-corrected chi connectivity index (χ1v) is 7.94. The van der Waals surface area contributed by atoms with E-state index in [0.29, 0.717) is 0 Å². The lowest BCUT2D eigenvalue weighted by molar-refractivity contribution is -0.0601. The Bertz CT molecular complexity index is 349. The van der Waals surface area contributed by atoms with Gasteiger partial charge in [-0.25, -0.2) is 0 Å². The van der Waals surface area contributed by atoms with Crippen LogP contribution in [0.1, 0.15) is 53.4 Å². The first-order chi connectivity index (χ1) is 8.67. The quantitative estimate of drug-likeness (QED) is 0.758. The molecule has 2 nitrogen and oxygen atoms in total. The van der Waals surface area contributed by atoms with Crippen molar-refractivity contribution < 1.29 is 9.31 Å². The molecule has 0 aromatic carbocycles. The van der Waals surface area contributed by atoms with E-state index >= 15 is 0 Å². The van der Waals surface area contributed by atoms with Crippen LogP contribution in [0, 0.1) is 0 Å². The Morgan fingerprint density at radius 2 is 1.50 bits per heavy atom. The molecular formula is C14H23BO2S. The minimum absolute atomic E-state index is 0.134. The summed E-state index contributed by atoms with van der Waals surface area (Å²) in [5.74, 6) is 0. The lowest BCUT2D eigenvalue weighted by Gasteiger charge is -2.42. The summed E-state index contributed by atoms with van der Waals surface area (Å²) in [6, 6.07) is 4.16. The summed E-state index contributed by atoms with van der Waals surface area (Å²) in [6.07, 6.45) is 4.03. The van der Waals surface area contributed by atoms with Gasteiger partial charge in [-0.3, -0.25) is 0 Å². The number of hydrogen-bond donors (Lipinski definition) is 0. The summed E-state index contributed by atoms with van der Waals surface area (Å²) in [5.41, 5.74) is -0.268. The number of thiophene rings is 1. The average Bonchev–Trinajstić information content (AvgIpc) is 3.04. The maximum Gasteiger partial charge on any atom is 0.505 e. The second kappa shape index (κ2) is 5.36. The SMILES string of the molecule is CCC1(CC)OB(c2cccs2)OC1(CC)CC. The zero-order chi connectivity index (χ0) is 13.2. The van der Waals surface area contributed by atoms with E-state index in [4.69, 9.17) is 9.31 Å². The van der Waals surface area contributed by atoms with Gasteiger partial charge in [0.2, 0.25) is 0 Å². The van der Waals surface area contributed by atoms with E-state index in [9.17, 15) is 0 Å². The molecule has 0 N–H and O–H groups in total. The van der Waals surface area contributed by atoms with Crippen molar-refractivity contribution in [2.45, 2.75) is 64.6 Å². The van der Waals surface area contributed by atoms with E-state index in [-0.39, 0.29) is 18.3 Å². The Morgan fingerprint density at radius 1 is 1.00 bits per heavy atom. The summed E-state index contributed by atoms with van der Waals surface area (Å²) in [5, 5.41) is 2.08. The topological polar surface area (TPSA) is 18.5 Å². The van der Waals surface area contributed by atoms with Gasteiger partial charge in [-0.2, -0.15) is 11.3 Å². The van der Waals surface area contributed by atoms with Gasteiger partial charge in [-0.1, -0.05) is 39.8 Å². The molecule has 0 amide bonds. The van der Waals surface area contributed by atoms with Gasteiger partial charge in [-0.05, 0) is 31.1 Å². The van der Waals surface area contributed by atoms with Gasteiger partial charge in [-0.15, -0.1) is 0 Å². The van der Waals surface area contributed by atoms with Crippen molar-refractivity contribution in [1.82, 2.24) is 0 Å². The highest BCUT2D eigenvalue weighted by Gasteiger charge is 2.58. The van der Waals surface area contributed by atoms with Gasteiger partial charge < -0.3 is 9.31 Å². The van der Waals surface area contributed by atoms with Crippen LogP contribution in [-0.4, -0.2) is 18.3 Å². The van der Waals surface area contributed by atoms with Gasteiger partial charge in [0.25, 0.3) is 0 Å². The molecule has 0 radical (unpaired) electrons. The molecule has 4 heteroatoms. The maximum atomic E-state index is 6.38. The van der Waals surface area contributed by atoms with Gasteiger partial charge in [0.05, 0.1) is 11.2 Å². The summed E-state index contributed by atoms with van der Waals surface area (Å²) < 4.78 is 13.9. The fourth-order valence-electron chi connectivity index (χ4n) is 3.31. The molecule has 1 aromatic heterocycles. The summed E-state index contributed by atoms with van der Waals surface area (Å²) in [7, 11) is -0.176. The van der Waals surface area contributed by atoms with Crippen LogP contribution in [0.15, 0.2) is 17.5 Å². The molecule has 100 valence electrons. The van der Waals surface area contributed by atoms with Crippen LogP contribution in [0.25, 0.3) is 0 Å². The molecule has 2 heterocycles. The summed E-state index contributed by atoms with van der Waals surface area (Å²) >= 11 is 1.71. The van der Waals surface area contributed by atoms with Crippen LogP contribution in [-0.2, 0) is 9.31 Å². The third-order valence-electron chi connectivity index (χ3n) is 4.56. The van der Waals surface area contributed by atoms with Crippen molar-refractivity contribution in [2.75, 3.05) is 0 Å². The highest BCUT2D eigenvalue weighted by molar-refractivity contribution is 7.20. The van der Waals surface area contributed by atoms with Gasteiger partial charge >= 0.3 is 7.12 Å². The predicted octanol–water partition coefficient (Wildman–Crippen LogP) is 3.61. The molecule has 0 aliphatic carbocycles. The predicted molar refractivity (Wildman–Crippen MR) is 78.5 cm³/mol. The van der Waals surface area contributed by atoms with E-state index in [1.54, 1.807) is 11.3 Å². The van der Waals surface area contributed by atoms with Crippen LogP contribution in [0.2, 0.25) is 0 Å². The average molecular weight is 266 g/mol. The van der Waals surface area contributed by atoms with Crippen molar-refractivity contribution in [3.8, 4) is 0 Å². The molecular weight excluding hydrogens is 243 g/mol. The van der Waals surface area contributed by atoms with Crippen LogP contribution >= 0.6 is 11.3 Å². The molecule has 0 spiro atoms. The lowest BCUT2D eigenvalue weighted by Crippen LogP contribution is -2.50. The van der Waals surface area contributed by atoms with Crippen molar-refractivity contribution in [3.63, 3.8) is 0 Å². The smallest absolute Gasteiger partial charge is 0.398 e. The van der Waals surface area contributed by atoms with E-state index in [1.807, 2.05) is 0 Å². The fraction of sp³-hybridized carbons (Fsp3) is 0.714. The fourth-order valence-corrected chi connectivity index (χ4v) is 3.99. The maximum absolute atomic E-state index is 6.38. The first-order valence-electron chi connectivity index (χ1n) is 7.06. The summed E-state index contributed by atoms with van der Waals surface area (Å²) in [4.78, 5) is 0. The zero-order valence-corrected chi connectivity index (χ0v) is 12.7. The number of rotatable bonds is 5. The van der Waals surface area contributed by atoms with Crippen molar-refractivity contribution >= 4 is 23.2 Å². The molecule has 1 aromatic rings. The summed E-state index contributed by atoms with van der Waals surface area (Å²) in [6.45, 7) is 8.85. The Kier molecular flexibility index (Phi) is 4.20. The van der Waals surface area contributed by atoms with Crippen LogP contribution in [0.3, 0.4) is 0 Å². The van der Waals surface area contributed by atoms with Crippen molar-refractivity contribution in [2.24, 2.45) is 0 Å². The van der Waals surface area contributed by atoms with E-state index < -0.39 is 0 Å². The standard InChI is InChI=1S/C14H23BO2S/c1-5-13(6-2)14(7-3,8-4)17-15(16-13)12-10-9-11-18-12/h9-11H,5-8H2,1-4H3. The van der Waals surface area contributed by atoms with Gasteiger partial charge in [0.1, 0.15) is 0 Å². The van der Waals surface area contributed by atoms with E-state index in [1.165, 1.54) is 4.78 Å². The van der Waals surface area contributed by atoms with Crippen LogP contribution < -0.4 is 4.78 Å². The third kappa shape index (κ3) is 1.95. The third-order valence-corrected chi connectivity index (χ3v) is 5.45. The molecule has 0 atom stereocenters. The molecule has 0 unspecified atom stereocenters. The lowest BCUT2D eigenvalue weighted by atomic mass is 9.75. The minimum atomic E-state index is -0.176. The number of hydrogen-bond acceptors (Lipinski definition) is 3. The van der Waals surface area contributed by atoms with Crippen LogP contribution in [0.4, 0.5) is 0 Å². The van der Waals surface area contributed by atoms with E-state index in [2.05, 4.69) is 45.2 Å². The Balaban J connectivity index is 2.34. The Morgan fingerprint density at radius 3 is 1.83 bits per heavy atom. The van der Waals surface area contributed by atoms with E-state index in [0.717, 1.165) is 25.7 Å². The normalized spacial score (nSPS) is 21.4. The molecule has 18 heavy (non-hydrogen) atoms. The highest BCUT2D eigenvalue weighted by atomic mass is 32.1. The monoisotopic (exact) mass is 266 g/mol. The molecule has 1 aliphatic heterocycles. The molecule has 1 saturated heterocycles. The Hall–Kier alpha value is -0.315. The van der Waals surface area contributed by atoms with Crippen LogP contribution in [0.5, 0.6) is 0 Å². The molecule has 0 bridgehead atoms. The van der Waals surface area contributed by atoms with Crippen molar-refractivity contribution in [3.05, 3.63) is 17.5 Å². The second-order valence-electron chi connectivity index (χ2n) is 4.99. The first kappa shape index (κ1) is 14.1. The Labute approximate surface area is 115 Å². The molecule has 1 aliphatic rings. The van der Waals surface area contributed by atoms with Crippen molar-refractivity contribution in [1.29, 1.82) is 0 Å². The largest absolute Gasteiger partial charge is 0.505 e. The molecule has 1 fully saturated rings. The van der Waals surface area contributed by atoms with Gasteiger partial charge in [0, 0.05) is 4.78 Å². The molecule has 0 saturated carbocycles. The van der Waals surface area contributed by atoms with Gasteiger partial charge in [0.15, 0.2) is 0 Å². The highest BCUT2D eigenvalue weighted by Crippen LogP contribution is 2.46. The second-order valence-corrected chi connectivity index (χ2v) is 5.97. The molecule has 2 rings (SSSR count).